The number of allylic oxidation sites excluding steroid dienone is 3. The minimum absolute atomic E-state index is 0.670. The Morgan fingerprint density at radius 3 is 2.06 bits per heavy atom. The van der Waals surface area contributed by atoms with E-state index in [2.05, 4.69) is 55.0 Å². The molecule has 0 aromatic rings. The Labute approximate surface area is 108 Å². The summed E-state index contributed by atoms with van der Waals surface area (Å²) in [5, 5.41) is 0. The summed E-state index contributed by atoms with van der Waals surface area (Å²) in [5.41, 5.74) is 0. The Hall–Kier alpha value is -0.600. The molecule has 0 radical (unpaired) electrons. The highest BCUT2D eigenvalue weighted by atomic mass is 15.3. The molecule has 0 N–H and O–H groups in total. The van der Waals surface area contributed by atoms with Crippen LogP contribution in [0.25, 0.3) is 0 Å². The Kier molecular flexibility index (Phi) is 9.10. The van der Waals surface area contributed by atoms with Crippen molar-refractivity contribution in [3.05, 3.63) is 24.3 Å². The van der Waals surface area contributed by atoms with Gasteiger partial charge in [-0.3, -0.25) is 9.80 Å². The third-order valence-electron chi connectivity index (χ3n) is 3.24. The molecule has 2 atom stereocenters. The molecule has 0 bridgehead atoms. The molecule has 1 heterocycles. The van der Waals surface area contributed by atoms with Gasteiger partial charge in [0.2, 0.25) is 0 Å². The third kappa shape index (κ3) is 6.04. The topological polar surface area (TPSA) is 6.48 Å². The van der Waals surface area contributed by atoms with Gasteiger partial charge in [-0.05, 0) is 27.8 Å². The maximum absolute atomic E-state index is 2.52. The SMILES string of the molecule is C/C=C\C=C/CN1CC(C)N(C)C(C)C1.CC. The molecule has 0 amide bonds. The lowest BCUT2D eigenvalue weighted by Gasteiger charge is -2.42. The predicted molar refractivity (Wildman–Crippen MR) is 78.4 cm³/mol. The maximum atomic E-state index is 2.52. The highest BCUT2D eigenvalue weighted by Gasteiger charge is 2.25. The van der Waals surface area contributed by atoms with Gasteiger partial charge < -0.3 is 0 Å². The molecule has 0 aliphatic carbocycles. The molecule has 1 saturated heterocycles. The summed E-state index contributed by atoms with van der Waals surface area (Å²) < 4.78 is 0. The number of piperazine rings is 1. The molecule has 2 heteroatoms. The lowest BCUT2D eigenvalue weighted by atomic mass is 10.1. The quantitative estimate of drug-likeness (QED) is 0.697. The van der Waals surface area contributed by atoms with Gasteiger partial charge in [-0.25, -0.2) is 0 Å². The van der Waals surface area contributed by atoms with Crippen LogP contribution >= 0.6 is 0 Å². The van der Waals surface area contributed by atoms with Crippen molar-refractivity contribution in [3.8, 4) is 0 Å². The van der Waals surface area contributed by atoms with E-state index >= 15 is 0 Å². The van der Waals surface area contributed by atoms with Crippen LogP contribution in [0.15, 0.2) is 24.3 Å². The van der Waals surface area contributed by atoms with Gasteiger partial charge in [-0.15, -0.1) is 0 Å². The summed E-state index contributed by atoms with van der Waals surface area (Å²) in [6, 6.07) is 1.34. The zero-order valence-corrected chi connectivity index (χ0v) is 12.5. The Bertz CT molecular complexity index is 221. The second-order valence-electron chi connectivity index (χ2n) is 4.54. The summed E-state index contributed by atoms with van der Waals surface area (Å²) in [6.45, 7) is 14.1. The second kappa shape index (κ2) is 9.43. The van der Waals surface area contributed by atoms with Crippen LogP contribution in [0.4, 0.5) is 0 Å². The van der Waals surface area contributed by atoms with E-state index in [-0.39, 0.29) is 0 Å². The lowest BCUT2D eigenvalue weighted by Crippen LogP contribution is -2.54. The molecule has 1 aliphatic heterocycles. The summed E-state index contributed by atoms with van der Waals surface area (Å²) in [4.78, 5) is 4.99. The zero-order chi connectivity index (χ0) is 13.3. The Balaban J connectivity index is 0.00000121. The van der Waals surface area contributed by atoms with Gasteiger partial charge in [0.15, 0.2) is 0 Å². The number of rotatable bonds is 3. The van der Waals surface area contributed by atoms with Gasteiger partial charge in [0, 0.05) is 31.7 Å². The zero-order valence-electron chi connectivity index (χ0n) is 12.5. The number of nitrogens with zero attached hydrogens (tertiary/aromatic N) is 2. The first-order valence-corrected chi connectivity index (χ1v) is 6.87. The van der Waals surface area contributed by atoms with Crippen LogP contribution in [0.2, 0.25) is 0 Å². The van der Waals surface area contributed by atoms with Crippen LogP contribution in [0.5, 0.6) is 0 Å². The van der Waals surface area contributed by atoms with Gasteiger partial charge in [0.25, 0.3) is 0 Å². The van der Waals surface area contributed by atoms with Crippen LogP contribution < -0.4 is 0 Å². The normalized spacial score (nSPS) is 27.4. The van der Waals surface area contributed by atoms with Crippen molar-refractivity contribution in [2.24, 2.45) is 0 Å². The van der Waals surface area contributed by atoms with Crippen molar-refractivity contribution >= 4 is 0 Å². The van der Waals surface area contributed by atoms with E-state index in [1.54, 1.807) is 0 Å². The standard InChI is InChI=1S/C13H24N2.C2H6/c1-5-6-7-8-9-15-10-12(2)14(4)13(3)11-15;1-2/h5-8,12-13H,9-11H2,1-4H3;1-2H3/b6-5-,8-7-;. The largest absolute Gasteiger partial charge is 0.298 e. The molecule has 1 rings (SSSR count). The predicted octanol–water partition coefficient (Wildman–Crippen LogP) is 3.17. The molecular formula is C15H30N2. The summed E-state index contributed by atoms with van der Waals surface area (Å²) >= 11 is 0. The van der Waals surface area contributed by atoms with Crippen LogP contribution in [0.1, 0.15) is 34.6 Å². The first kappa shape index (κ1) is 16.4. The van der Waals surface area contributed by atoms with E-state index in [4.69, 9.17) is 0 Å². The van der Waals surface area contributed by atoms with Crippen molar-refractivity contribution < 1.29 is 0 Å². The van der Waals surface area contributed by atoms with Crippen LogP contribution in [-0.2, 0) is 0 Å². The number of likely N-dealkylation sites (N-methyl/N-ethyl adjacent to an activating group) is 1. The van der Waals surface area contributed by atoms with Crippen molar-refractivity contribution in [3.63, 3.8) is 0 Å². The van der Waals surface area contributed by atoms with Crippen LogP contribution in [0, 0.1) is 0 Å². The highest BCUT2D eigenvalue weighted by Crippen LogP contribution is 2.12. The summed E-state index contributed by atoms with van der Waals surface area (Å²) in [6.07, 6.45) is 8.52. The second-order valence-corrected chi connectivity index (χ2v) is 4.54. The van der Waals surface area contributed by atoms with Gasteiger partial charge in [-0.1, -0.05) is 38.2 Å². The first-order valence-electron chi connectivity index (χ1n) is 6.87. The lowest BCUT2D eigenvalue weighted by molar-refractivity contribution is 0.0673. The maximum Gasteiger partial charge on any atom is 0.0195 e. The van der Waals surface area contributed by atoms with Gasteiger partial charge in [0.1, 0.15) is 0 Å². The summed E-state index contributed by atoms with van der Waals surface area (Å²) in [5.74, 6) is 0. The molecule has 2 nitrogen and oxygen atoms in total. The van der Waals surface area contributed by atoms with Crippen molar-refractivity contribution in [1.82, 2.24) is 9.80 Å². The van der Waals surface area contributed by atoms with Crippen molar-refractivity contribution in [2.75, 3.05) is 26.7 Å². The van der Waals surface area contributed by atoms with Crippen LogP contribution in [0.3, 0.4) is 0 Å². The third-order valence-corrected chi connectivity index (χ3v) is 3.24. The fourth-order valence-electron chi connectivity index (χ4n) is 2.06. The molecular weight excluding hydrogens is 208 g/mol. The Morgan fingerprint density at radius 2 is 1.59 bits per heavy atom. The molecule has 0 spiro atoms. The average molecular weight is 238 g/mol. The molecule has 1 aliphatic rings. The first-order chi connectivity index (χ1) is 8.15. The molecule has 0 saturated carbocycles. The molecule has 100 valence electrons. The number of hydrogen-bond acceptors (Lipinski definition) is 2. The van der Waals surface area contributed by atoms with E-state index < -0.39 is 0 Å². The number of hydrogen-bond donors (Lipinski definition) is 0. The average Bonchev–Trinajstić information content (AvgIpc) is 2.34. The minimum Gasteiger partial charge on any atom is -0.298 e. The molecule has 17 heavy (non-hydrogen) atoms. The van der Waals surface area contributed by atoms with Gasteiger partial charge in [0.05, 0.1) is 0 Å². The molecule has 0 aromatic heterocycles. The smallest absolute Gasteiger partial charge is 0.0195 e. The van der Waals surface area contributed by atoms with Crippen molar-refractivity contribution in [1.29, 1.82) is 0 Å². The molecule has 1 fully saturated rings. The monoisotopic (exact) mass is 238 g/mol. The highest BCUT2D eigenvalue weighted by molar-refractivity contribution is 5.02. The van der Waals surface area contributed by atoms with Crippen molar-refractivity contribution in [2.45, 2.75) is 46.7 Å². The fourth-order valence-corrected chi connectivity index (χ4v) is 2.06. The minimum atomic E-state index is 0.670. The van der Waals surface area contributed by atoms with E-state index in [1.807, 2.05) is 20.8 Å². The van der Waals surface area contributed by atoms with E-state index in [0.29, 0.717) is 12.1 Å². The molecule has 2 unspecified atom stereocenters. The van der Waals surface area contributed by atoms with Crippen LogP contribution in [-0.4, -0.2) is 48.6 Å². The fraction of sp³-hybridized carbons (Fsp3) is 0.733. The van der Waals surface area contributed by atoms with E-state index in [1.165, 1.54) is 13.1 Å². The van der Waals surface area contributed by atoms with Gasteiger partial charge in [-0.2, -0.15) is 0 Å². The van der Waals surface area contributed by atoms with E-state index in [9.17, 15) is 0 Å². The summed E-state index contributed by atoms with van der Waals surface area (Å²) in [7, 11) is 2.22. The molecule has 0 aromatic carbocycles. The Morgan fingerprint density at radius 1 is 1.06 bits per heavy atom. The van der Waals surface area contributed by atoms with E-state index in [0.717, 1.165) is 6.54 Å². The van der Waals surface area contributed by atoms with Gasteiger partial charge >= 0.3 is 0 Å².